The highest BCUT2D eigenvalue weighted by atomic mass is 32.1. The minimum absolute atomic E-state index is 0.0729. The lowest BCUT2D eigenvalue weighted by Gasteiger charge is -2.49. The molecular formula is C26H38N2O3S. The first-order chi connectivity index (χ1) is 15.2. The number of hydrogen-bond donors (Lipinski definition) is 1. The average molecular weight is 459 g/mol. The van der Waals surface area contributed by atoms with Crippen molar-refractivity contribution >= 4 is 23.0 Å². The SMILES string of the molecule is CCc1cc2c(s1)CCO[C@@]21CCN(CC2CC(NC(=O)C3CC(=O)C3(C)C)C2)C(C)C1. The first-order valence-electron chi connectivity index (χ1n) is 12.6. The summed E-state index contributed by atoms with van der Waals surface area (Å²) in [5.41, 5.74) is 0.936. The van der Waals surface area contributed by atoms with Crippen molar-refractivity contribution in [2.45, 2.75) is 90.3 Å². The minimum atomic E-state index is -0.478. The zero-order chi connectivity index (χ0) is 22.7. The van der Waals surface area contributed by atoms with Crippen LogP contribution in [0.15, 0.2) is 6.07 Å². The number of thiophene rings is 1. The fraction of sp³-hybridized carbons (Fsp3) is 0.769. The quantitative estimate of drug-likeness (QED) is 0.723. The smallest absolute Gasteiger partial charge is 0.224 e. The Morgan fingerprint density at radius 2 is 2.12 bits per heavy atom. The molecular weight excluding hydrogens is 420 g/mol. The van der Waals surface area contributed by atoms with E-state index in [2.05, 4.69) is 30.1 Å². The van der Waals surface area contributed by atoms with Gasteiger partial charge in [0.05, 0.1) is 18.1 Å². The molecule has 176 valence electrons. The molecule has 2 aliphatic carbocycles. The second kappa shape index (κ2) is 8.21. The number of ether oxygens (including phenoxy) is 1. The van der Waals surface area contributed by atoms with Crippen LogP contribution in [0.3, 0.4) is 0 Å². The van der Waals surface area contributed by atoms with Gasteiger partial charge in [0.1, 0.15) is 5.78 Å². The second-order valence-corrected chi connectivity index (χ2v) is 12.5. The number of carbonyl (C=O) groups is 2. The van der Waals surface area contributed by atoms with Crippen LogP contribution in [0.4, 0.5) is 0 Å². The van der Waals surface area contributed by atoms with Gasteiger partial charge in [-0.3, -0.25) is 9.59 Å². The summed E-state index contributed by atoms with van der Waals surface area (Å²) < 4.78 is 6.49. The van der Waals surface area contributed by atoms with Gasteiger partial charge >= 0.3 is 0 Å². The topological polar surface area (TPSA) is 58.6 Å². The molecule has 1 saturated heterocycles. The molecule has 1 aromatic rings. The molecule has 0 radical (unpaired) electrons. The Hall–Kier alpha value is -1.24. The predicted octanol–water partition coefficient (Wildman–Crippen LogP) is 4.07. The number of fused-ring (bicyclic) bond motifs is 2. The van der Waals surface area contributed by atoms with Crippen LogP contribution in [0.25, 0.3) is 0 Å². The number of aryl methyl sites for hydroxylation is 1. The lowest BCUT2D eigenvalue weighted by molar-refractivity contribution is -0.153. The van der Waals surface area contributed by atoms with Crippen molar-refractivity contribution in [3.05, 3.63) is 21.4 Å². The van der Waals surface area contributed by atoms with Gasteiger partial charge in [-0.2, -0.15) is 0 Å². The number of likely N-dealkylation sites (tertiary alicyclic amines) is 1. The van der Waals surface area contributed by atoms with Crippen LogP contribution in [-0.2, 0) is 32.8 Å². The van der Waals surface area contributed by atoms with Gasteiger partial charge in [-0.25, -0.2) is 0 Å². The van der Waals surface area contributed by atoms with E-state index in [1.54, 1.807) is 4.88 Å². The van der Waals surface area contributed by atoms with E-state index in [-0.39, 0.29) is 29.3 Å². The summed E-state index contributed by atoms with van der Waals surface area (Å²) in [6.45, 7) is 11.5. The van der Waals surface area contributed by atoms with Crippen LogP contribution in [0, 0.1) is 17.3 Å². The molecule has 3 atom stereocenters. The van der Waals surface area contributed by atoms with E-state index in [1.165, 1.54) is 10.4 Å². The van der Waals surface area contributed by atoms with Crippen molar-refractivity contribution in [2.24, 2.45) is 17.3 Å². The molecule has 32 heavy (non-hydrogen) atoms. The maximum atomic E-state index is 12.5. The van der Waals surface area contributed by atoms with Gasteiger partial charge in [-0.1, -0.05) is 20.8 Å². The Morgan fingerprint density at radius 3 is 2.78 bits per heavy atom. The van der Waals surface area contributed by atoms with Crippen molar-refractivity contribution in [2.75, 3.05) is 19.7 Å². The molecule has 1 aromatic heterocycles. The first kappa shape index (κ1) is 22.5. The molecule has 2 saturated carbocycles. The predicted molar refractivity (Wildman–Crippen MR) is 127 cm³/mol. The van der Waals surface area contributed by atoms with Crippen LogP contribution in [-0.4, -0.2) is 48.4 Å². The van der Waals surface area contributed by atoms with Gasteiger partial charge in [-0.15, -0.1) is 11.3 Å². The third kappa shape index (κ3) is 3.76. The number of rotatable bonds is 5. The van der Waals surface area contributed by atoms with E-state index in [4.69, 9.17) is 4.74 Å². The van der Waals surface area contributed by atoms with E-state index in [1.807, 2.05) is 25.2 Å². The van der Waals surface area contributed by atoms with E-state index in [0.29, 0.717) is 18.4 Å². The van der Waals surface area contributed by atoms with Crippen molar-refractivity contribution in [3.63, 3.8) is 0 Å². The number of carbonyl (C=O) groups excluding carboxylic acids is 2. The Morgan fingerprint density at radius 1 is 1.34 bits per heavy atom. The van der Waals surface area contributed by atoms with Crippen LogP contribution in [0.1, 0.15) is 75.1 Å². The molecule has 3 heterocycles. The normalized spacial score (nSPS) is 36.3. The highest BCUT2D eigenvalue weighted by Crippen LogP contribution is 2.47. The van der Waals surface area contributed by atoms with Gasteiger partial charge in [0.15, 0.2) is 0 Å². The van der Waals surface area contributed by atoms with E-state index in [9.17, 15) is 9.59 Å². The molecule has 0 aromatic carbocycles. The van der Waals surface area contributed by atoms with Crippen molar-refractivity contribution in [1.29, 1.82) is 0 Å². The largest absolute Gasteiger partial charge is 0.370 e. The zero-order valence-corrected chi connectivity index (χ0v) is 20.9. The standard InChI is InChI=1S/C26H38N2O3S/c1-5-19-12-20-22(32-19)6-9-31-26(20)7-8-28(16(2)14-26)15-17-10-18(11-17)27-24(30)21-13-23(29)25(21,3)4/h12,16-18,21H,5-11,13-15H2,1-4H3,(H,27,30)/t16?,17?,18?,21?,26-/m1/s1. The first-order valence-corrected chi connectivity index (χ1v) is 13.4. The summed E-state index contributed by atoms with van der Waals surface area (Å²) in [5.74, 6) is 0.809. The molecule has 2 unspecified atom stereocenters. The number of ketones is 1. The fourth-order valence-corrected chi connectivity index (χ4v) is 7.55. The Balaban J connectivity index is 1.12. The minimum Gasteiger partial charge on any atom is -0.370 e. The Bertz CT molecular complexity index is 903. The number of piperidine rings is 1. The number of nitrogens with one attached hydrogen (secondary N) is 1. The maximum Gasteiger partial charge on any atom is 0.224 e. The molecule has 4 aliphatic rings. The number of hydrogen-bond acceptors (Lipinski definition) is 5. The van der Waals surface area contributed by atoms with Gasteiger partial charge < -0.3 is 15.0 Å². The van der Waals surface area contributed by atoms with E-state index in [0.717, 1.165) is 58.2 Å². The summed E-state index contributed by atoms with van der Waals surface area (Å²) in [6, 6.07) is 3.22. The summed E-state index contributed by atoms with van der Waals surface area (Å²) >= 11 is 1.99. The highest BCUT2D eigenvalue weighted by molar-refractivity contribution is 7.12. The summed E-state index contributed by atoms with van der Waals surface area (Å²) in [4.78, 5) is 30.0. The lowest BCUT2D eigenvalue weighted by Crippen LogP contribution is -2.57. The summed E-state index contributed by atoms with van der Waals surface area (Å²) in [5, 5.41) is 3.21. The van der Waals surface area contributed by atoms with Crippen LogP contribution in [0.5, 0.6) is 0 Å². The second-order valence-electron chi connectivity index (χ2n) is 11.2. The van der Waals surface area contributed by atoms with Crippen LogP contribution >= 0.6 is 11.3 Å². The molecule has 2 aliphatic heterocycles. The summed E-state index contributed by atoms with van der Waals surface area (Å²) in [7, 11) is 0. The van der Waals surface area contributed by atoms with Crippen LogP contribution in [0.2, 0.25) is 0 Å². The number of Topliss-reactive ketones (excluding diaryl/α,β-unsaturated/α-hetero) is 1. The number of amides is 1. The molecule has 1 N–H and O–H groups in total. The molecule has 1 spiro atoms. The molecule has 1 amide bonds. The molecule has 0 bridgehead atoms. The molecule has 6 heteroatoms. The van der Waals surface area contributed by atoms with Crippen molar-refractivity contribution in [1.82, 2.24) is 10.2 Å². The van der Waals surface area contributed by atoms with E-state index < -0.39 is 5.41 Å². The van der Waals surface area contributed by atoms with Crippen LogP contribution < -0.4 is 5.32 Å². The van der Waals surface area contributed by atoms with Gasteiger partial charge in [-0.05, 0) is 56.6 Å². The monoisotopic (exact) mass is 458 g/mol. The maximum absolute atomic E-state index is 12.5. The Labute approximate surface area is 196 Å². The van der Waals surface area contributed by atoms with Crippen molar-refractivity contribution in [3.8, 4) is 0 Å². The number of nitrogens with zero attached hydrogens (tertiary/aromatic N) is 1. The third-order valence-electron chi connectivity index (χ3n) is 8.83. The van der Waals surface area contributed by atoms with Gasteiger partial charge in [0.25, 0.3) is 0 Å². The average Bonchev–Trinajstić information content (AvgIpc) is 3.17. The fourth-order valence-electron chi connectivity index (χ4n) is 6.37. The molecule has 3 fully saturated rings. The highest BCUT2D eigenvalue weighted by Gasteiger charge is 2.52. The van der Waals surface area contributed by atoms with E-state index >= 15 is 0 Å². The third-order valence-corrected chi connectivity index (χ3v) is 10.2. The lowest BCUT2D eigenvalue weighted by atomic mass is 9.61. The Kier molecular flexibility index (Phi) is 5.78. The molecule has 5 nitrogen and oxygen atoms in total. The molecule has 5 rings (SSSR count). The summed E-state index contributed by atoms with van der Waals surface area (Å²) in [6.07, 6.45) is 6.89. The van der Waals surface area contributed by atoms with Gasteiger partial charge in [0.2, 0.25) is 5.91 Å². The zero-order valence-electron chi connectivity index (χ0n) is 20.0. The van der Waals surface area contributed by atoms with Gasteiger partial charge in [0, 0.05) is 53.2 Å². The van der Waals surface area contributed by atoms with Crippen molar-refractivity contribution < 1.29 is 14.3 Å².